The van der Waals surface area contributed by atoms with Crippen molar-refractivity contribution in [1.82, 2.24) is 5.32 Å². The van der Waals surface area contributed by atoms with Crippen LogP contribution in [0.4, 0.5) is 5.69 Å². The van der Waals surface area contributed by atoms with Crippen LogP contribution in [-0.4, -0.2) is 18.4 Å². The van der Waals surface area contributed by atoms with Gasteiger partial charge in [-0.1, -0.05) is 45.7 Å². The van der Waals surface area contributed by atoms with Crippen LogP contribution in [0.3, 0.4) is 0 Å². The predicted octanol–water partition coefficient (Wildman–Crippen LogP) is 3.98. The van der Waals surface area contributed by atoms with Crippen molar-refractivity contribution in [3.63, 3.8) is 0 Å². The Kier molecular flexibility index (Phi) is 8.26. The minimum atomic E-state index is -0.139. The molecule has 0 aromatic heterocycles. The normalized spacial score (nSPS) is 11.8. The van der Waals surface area contributed by atoms with E-state index in [1.807, 2.05) is 26.0 Å². The molecule has 122 valence electrons. The van der Waals surface area contributed by atoms with Gasteiger partial charge in [-0.2, -0.15) is 0 Å². The van der Waals surface area contributed by atoms with Crippen molar-refractivity contribution in [2.45, 2.75) is 52.9 Å². The highest BCUT2D eigenvalue weighted by molar-refractivity contribution is 6.04. The van der Waals surface area contributed by atoms with Gasteiger partial charge in [0.1, 0.15) is 0 Å². The molecule has 4 nitrogen and oxygen atoms in total. The quantitative estimate of drug-likeness (QED) is 0.725. The first-order valence-corrected chi connectivity index (χ1v) is 8.32. The lowest BCUT2D eigenvalue weighted by molar-refractivity contribution is -0.120. The minimum Gasteiger partial charge on any atom is -0.352 e. The summed E-state index contributed by atoms with van der Waals surface area (Å²) < 4.78 is 0. The fraction of sp³-hybridized carbons (Fsp3) is 0.556. The number of nitrogens with one attached hydrogen (secondary N) is 2. The summed E-state index contributed by atoms with van der Waals surface area (Å²) in [5.74, 6) is -0.127. The zero-order valence-corrected chi connectivity index (χ0v) is 13.9. The monoisotopic (exact) mass is 304 g/mol. The lowest BCUT2D eigenvalue weighted by atomic mass is 9.98. The maximum absolute atomic E-state index is 12.4. The molecule has 0 saturated heterocycles. The van der Waals surface area contributed by atoms with Crippen LogP contribution in [0.2, 0.25) is 0 Å². The minimum absolute atomic E-state index is 0.00620. The van der Waals surface area contributed by atoms with Crippen molar-refractivity contribution in [2.75, 3.05) is 11.9 Å². The molecule has 0 aliphatic heterocycles. The largest absolute Gasteiger partial charge is 0.352 e. The van der Waals surface area contributed by atoms with Crippen molar-refractivity contribution >= 4 is 17.5 Å². The fourth-order valence-electron chi connectivity index (χ4n) is 2.33. The van der Waals surface area contributed by atoms with Crippen LogP contribution < -0.4 is 10.6 Å². The van der Waals surface area contributed by atoms with Gasteiger partial charge in [0.15, 0.2) is 0 Å². The molecule has 0 heterocycles. The number of unbranched alkanes of at least 4 members (excludes halogenated alkanes) is 1. The van der Waals surface area contributed by atoms with Crippen molar-refractivity contribution in [2.24, 2.45) is 5.92 Å². The Bertz CT molecular complexity index is 486. The zero-order valence-electron chi connectivity index (χ0n) is 13.9. The van der Waals surface area contributed by atoms with Crippen molar-refractivity contribution in [1.29, 1.82) is 0 Å². The van der Waals surface area contributed by atoms with E-state index < -0.39 is 0 Å². The standard InChI is InChI=1S/C18H28N2O2/c1-4-7-10-14(6-3)17(21)20-16-12-9-8-11-15(16)18(22)19-13-5-2/h8-9,11-12,14H,4-7,10,13H2,1-3H3,(H,19,22)(H,20,21). The van der Waals surface area contributed by atoms with Gasteiger partial charge >= 0.3 is 0 Å². The number of amides is 2. The lowest BCUT2D eigenvalue weighted by Crippen LogP contribution is -2.27. The summed E-state index contributed by atoms with van der Waals surface area (Å²) in [4.78, 5) is 24.6. The second kappa shape index (κ2) is 9.98. The molecule has 0 aliphatic carbocycles. The van der Waals surface area contributed by atoms with Crippen LogP contribution in [0.15, 0.2) is 24.3 Å². The molecular weight excluding hydrogens is 276 g/mol. The summed E-state index contributed by atoms with van der Waals surface area (Å²) in [5, 5.41) is 5.78. The van der Waals surface area contributed by atoms with E-state index in [1.165, 1.54) is 0 Å². The first-order valence-electron chi connectivity index (χ1n) is 8.32. The van der Waals surface area contributed by atoms with Crippen molar-refractivity contribution in [3.05, 3.63) is 29.8 Å². The van der Waals surface area contributed by atoms with E-state index >= 15 is 0 Å². The Balaban J connectivity index is 2.79. The van der Waals surface area contributed by atoms with Crippen LogP contribution in [0, 0.1) is 5.92 Å². The number of carbonyl (C=O) groups excluding carboxylic acids is 2. The SMILES string of the molecule is CCCCC(CC)C(=O)Nc1ccccc1C(=O)NCCC. The summed E-state index contributed by atoms with van der Waals surface area (Å²) in [7, 11) is 0. The molecule has 0 saturated carbocycles. The maximum atomic E-state index is 12.4. The number of anilines is 1. The van der Waals surface area contributed by atoms with Crippen LogP contribution in [0.1, 0.15) is 63.2 Å². The molecule has 2 amide bonds. The molecule has 0 spiro atoms. The van der Waals surface area contributed by atoms with Gasteiger partial charge in [-0.3, -0.25) is 9.59 Å². The highest BCUT2D eigenvalue weighted by atomic mass is 16.2. The Hall–Kier alpha value is -1.84. The highest BCUT2D eigenvalue weighted by Gasteiger charge is 2.18. The summed E-state index contributed by atoms with van der Waals surface area (Å²) in [6.07, 6.45) is 4.72. The van der Waals surface area contributed by atoms with Crippen LogP contribution >= 0.6 is 0 Å². The van der Waals surface area contributed by atoms with E-state index in [4.69, 9.17) is 0 Å². The van der Waals surface area contributed by atoms with Gasteiger partial charge < -0.3 is 10.6 Å². The highest BCUT2D eigenvalue weighted by Crippen LogP contribution is 2.19. The van der Waals surface area contributed by atoms with E-state index in [-0.39, 0.29) is 17.7 Å². The molecule has 0 radical (unpaired) electrons. The molecule has 0 bridgehead atoms. The molecule has 1 aromatic rings. The Labute approximate surface area is 133 Å². The molecule has 1 unspecified atom stereocenters. The molecule has 0 aliphatic rings. The molecule has 4 heteroatoms. The topological polar surface area (TPSA) is 58.2 Å². The lowest BCUT2D eigenvalue weighted by Gasteiger charge is -2.16. The average molecular weight is 304 g/mol. The first kappa shape index (κ1) is 18.2. The molecule has 2 N–H and O–H groups in total. The number of benzene rings is 1. The molecule has 1 rings (SSSR count). The third-order valence-corrected chi connectivity index (χ3v) is 3.73. The predicted molar refractivity (Wildman–Crippen MR) is 91.0 cm³/mol. The van der Waals surface area contributed by atoms with Gasteiger partial charge in [0.05, 0.1) is 11.3 Å². The van der Waals surface area contributed by atoms with Gasteiger partial charge in [-0.15, -0.1) is 0 Å². The van der Waals surface area contributed by atoms with Crippen LogP contribution in [-0.2, 0) is 4.79 Å². The van der Waals surface area contributed by atoms with E-state index in [2.05, 4.69) is 17.6 Å². The third-order valence-electron chi connectivity index (χ3n) is 3.73. The second-order valence-corrected chi connectivity index (χ2v) is 5.54. The van der Waals surface area contributed by atoms with Gasteiger partial charge in [0, 0.05) is 12.5 Å². The van der Waals surface area contributed by atoms with E-state index in [1.54, 1.807) is 12.1 Å². The number of para-hydroxylation sites is 1. The van der Waals surface area contributed by atoms with Crippen LogP contribution in [0.5, 0.6) is 0 Å². The van der Waals surface area contributed by atoms with E-state index in [0.717, 1.165) is 32.1 Å². The van der Waals surface area contributed by atoms with Gasteiger partial charge in [-0.25, -0.2) is 0 Å². The van der Waals surface area contributed by atoms with Gasteiger partial charge in [0.25, 0.3) is 5.91 Å². The molecule has 1 aromatic carbocycles. The van der Waals surface area contributed by atoms with E-state index in [0.29, 0.717) is 17.8 Å². The molecule has 0 fully saturated rings. The maximum Gasteiger partial charge on any atom is 0.253 e. The Morgan fingerprint density at radius 2 is 1.82 bits per heavy atom. The van der Waals surface area contributed by atoms with Crippen molar-refractivity contribution in [3.8, 4) is 0 Å². The van der Waals surface area contributed by atoms with E-state index in [9.17, 15) is 9.59 Å². The molecule has 22 heavy (non-hydrogen) atoms. The Morgan fingerprint density at radius 1 is 1.09 bits per heavy atom. The molecule has 1 atom stereocenters. The Morgan fingerprint density at radius 3 is 2.45 bits per heavy atom. The van der Waals surface area contributed by atoms with Gasteiger partial charge in [0.2, 0.25) is 5.91 Å². The summed E-state index contributed by atoms with van der Waals surface area (Å²) in [5.41, 5.74) is 1.12. The summed E-state index contributed by atoms with van der Waals surface area (Å²) in [6.45, 7) is 6.79. The van der Waals surface area contributed by atoms with Gasteiger partial charge in [-0.05, 0) is 31.4 Å². The zero-order chi connectivity index (χ0) is 16.4. The van der Waals surface area contributed by atoms with Crippen LogP contribution in [0.25, 0.3) is 0 Å². The smallest absolute Gasteiger partial charge is 0.253 e. The number of hydrogen-bond acceptors (Lipinski definition) is 2. The molecular formula is C18H28N2O2. The second-order valence-electron chi connectivity index (χ2n) is 5.54. The van der Waals surface area contributed by atoms with Crippen molar-refractivity contribution < 1.29 is 9.59 Å². The summed E-state index contributed by atoms with van der Waals surface area (Å²) >= 11 is 0. The third kappa shape index (κ3) is 5.51. The number of rotatable bonds is 9. The number of hydrogen-bond donors (Lipinski definition) is 2. The fourth-order valence-corrected chi connectivity index (χ4v) is 2.33. The first-order chi connectivity index (χ1) is 10.6. The summed E-state index contributed by atoms with van der Waals surface area (Å²) in [6, 6.07) is 7.17. The number of carbonyl (C=O) groups is 2. The average Bonchev–Trinajstić information content (AvgIpc) is 2.53.